The molecule has 0 radical (unpaired) electrons. The Bertz CT molecular complexity index is 1400. The second-order valence-electron chi connectivity index (χ2n) is 7.20. The van der Waals surface area contributed by atoms with Gasteiger partial charge in [-0.05, 0) is 42.0 Å². The third-order valence-electron chi connectivity index (χ3n) is 4.98. The number of hydrogen-bond donors (Lipinski definition) is 2. The van der Waals surface area contributed by atoms with Crippen LogP contribution in [-0.2, 0) is 31.2 Å². The summed E-state index contributed by atoms with van der Waals surface area (Å²) in [5.41, 5.74) is 2.05. The summed E-state index contributed by atoms with van der Waals surface area (Å²) in [5.74, 6) is 0.242. The number of nitrogens with zero attached hydrogens (tertiary/aromatic N) is 1. The third-order valence-corrected chi connectivity index (χ3v) is 10.6. The van der Waals surface area contributed by atoms with E-state index in [-0.39, 0.29) is 39.6 Å². The fourth-order valence-corrected chi connectivity index (χ4v) is 8.01. The van der Waals surface area contributed by atoms with E-state index in [0.717, 1.165) is 4.31 Å². The Morgan fingerprint density at radius 2 is 1.68 bits per heavy atom. The summed E-state index contributed by atoms with van der Waals surface area (Å²) < 4.78 is 64.0. The Morgan fingerprint density at radius 1 is 0.971 bits per heavy atom. The zero-order valence-corrected chi connectivity index (χ0v) is 20.0. The van der Waals surface area contributed by atoms with Crippen LogP contribution < -0.4 is 15.0 Å². The van der Waals surface area contributed by atoms with Crippen LogP contribution in [0.3, 0.4) is 0 Å². The maximum Gasteiger partial charge on any atom is 0.252 e. The molecule has 0 fully saturated rings. The topological polar surface area (TPSA) is 139 Å². The number of carbonyl (C=O) groups is 1. The van der Waals surface area contributed by atoms with E-state index in [0.29, 0.717) is 28.4 Å². The molecule has 1 aliphatic heterocycles. The lowest BCUT2D eigenvalue weighted by molar-refractivity contribution is -0.129. The fraction of sp³-hybridized carbons (Fsp3) is 0.190. The van der Waals surface area contributed by atoms with Gasteiger partial charge < -0.3 is 9.47 Å². The van der Waals surface area contributed by atoms with E-state index < -0.39 is 25.8 Å². The number of hydroxylamine groups is 1. The molecule has 0 bridgehead atoms. The van der Waals surface area contributed by atoms with Crippen molar-refractivity contribution in [2.45, 2.75) is 26.3 Å². The van der Waals surface area contributed by atoms with Gasteiger partial charge in [0.2, 0.25) is 22.5 Å². The predicted molar refractivity (Wildman–Crippen MR) is 121 cm³/mol. The van der Waals surface area contributed by atoms with Crippen LogP contribution in [0.1, 0.15) is 12.0 Å². The first kappa shape index (κ1) is 24.2. The second kappa shape index (κ2) is 9.72. The fourth-order valence-electron chi connectivity index (χ4n) is 3.24. The Balaban J connectivity index is 1.64. The highest BCUT2D eigenvalue weighted by Crippen LogP contribution is 2.35. The molecular formula is C21H20N2O8S3. The van der Waals surface area contributed by atoms with Crippen LogP contribution in [0.2, 0.25) is 0 Å². The number of fused-ring (bicyclic) bond motifs is 1. The lowest BCUT2D eigenvalue weighted by Gasteiger charge is -2.21. The maximum atomic E-state index is 13.4. The molecule has 10 nitrogen and oxygen atoms in total. The molecule has 4 rings (SSSR count). The average molecular weight is 525 g/mol. The molecule has 2 aromatic carbocycles. The van der Waals surface area contributed by atoms with Crippen molar-refractivity contribution < 1.29 is 36.3 Å². The summed E-state index contributed by atoms with van der Waals surface area (Å²) in [6, 6.07) is 15.1. The standard InChI is InChI=1S/C21H20N2O8S3/c24-19(22-25)10-11-23(13-15-6-7-17-18(12-15)31-14-30-17)34(28,29)21-9-8-20(32-21)33(26,27)16-4-2-1-3-5-16/h1-9,12,25H,10-11,13-14H2,(H,22,24). The highest BCUT2D eigenvalue weighted by molar-refractivity contribution is 7.95. The van der Waals surface area contributed by atoms with Crippen LogP contribution >= 0.6 is 11.3 Å². The monoisotopic (exact) mass is 524 g/mol. The number of hydrogen-bond acceptors (Lipinski definition) is 9. The van der Waals surface area contributed by atoms with Gasteiger partial charge in [-0.1, -0.05) is 24.3 Å². The van der Waals surface area contributed by atoms with Gasteiger partial charge >= 0.3 is 0 Å². The Hall–Kier alpha value is -2.97. The predicted octanol–water partition coefficient (Wildman–Crippen LogP) is 2.40. The average Bonchev–Trinajstić information content (AvgIpc) is 3.52. The Kier molecular flexibility index (Phi) is 6.91. The van der Waals surface area contributed by atoms with Crippen LogP contribution in [0.15, 0.2) is 74.0 Å². The van der Waals surface area contributed by atoms with Crippen molar-refractivity contribution in [2.24, 2.45) is 0 Å². The van der Waals surface area contributed by atoms with Gasteiger partial charge in [0.1, 0.15) is 8.42 Å². The number of sulfone groups is 1. The number of carbonyl (C=O) groups excluding carboxylic acids is 1. The molecule has 0 saturated carbocycles. The van der Waals surface area contributed by atoms with Crippen LogP contribution in [0.4, 0.5) is 0 Å². The number of nitrogens with one attached hydrogen (secondary N) is 1. The van der Waals surface area contributed by atoms with Gasteiger partial charge in [-0.2, -0.15) is 4.31 Å². The molecular weight excluding hydrogens is 504 g/mol. The second-order valence-corrected chi connectivity index (χ2v) is 12.6. The van der Waals surface area contributed by atoms with Crippen LogP contribution in [0.5, 0.6) is 11.5 Å². The molecule has 0 spiro atoms. The van der Waals surface area contributed by atoms with E-state index in [4.69, 9.17) is 14.7 Å². The van der Waals surface area contributed by atoms with Crippen LogP contribution in [0, 0.1) is 0 Å². The molecule has 1 aliphatic rings. The van der Waals surface area contributed by atoms with Crippen molar-refractivity contribution >= 4 is 37.1 Å². The minimum atomic E-state index is -4.19. The maximum absolute atomic E-state index is 13.4. The zero-order valence-electron chi connectivity index (χ0n) is 17.6. The third kappa shape index (κ3) is 4.93. The molecule has 13 heteroatoms. The molecule has 34 heavy (non-hydrogen) atoms. The SMILES string of the molecule is O=C(CCN(Cc1ccc2c(c1)OCO2)S(=O)(=O)c1ccc(S(=O)(=O)c2ccccc2)s1)NO. The lowest BCUT2D eigenvalue weighted by atomic mass is 10.2. The van der Waals surface area contributed by atoms with Gasteiger partial charge in [-0.25, -0.2) is 22.3 Å². The van der Waals surface area contributed by atoms with E-state index >= 15 is 0 Å². The van der Waals surface area contributed by atoms with Crippen molar-refractivity contribution in [3.8, 4) is 11.5 Å². The van der Waals surface area contributed by atoms with E-state index in [2.05, 4.69) is 0 Å². The summed E-state index contributed by atoms with van der Waals surface area (Å²) in [5, 5.41) is 8.80. The highest BCUT2D eigenvalue weighted by atomic mass is 32.3. The molecule has 1 amide bonds. The smallest absolute Gasteiger partial charge is 0.252 e. The highest BCUT2D eigenvalue weighted by Gasteiger charge is 2.30. The van der Waals surface area contributed by atoms with Gasteiger partial charge in [0.15, 0.2) is 11.5 Å². The van der Waals surface area contributed by atoms with Gasteiger partial charge in [-0.15, -0.1) is 11.3 Å². The van der Waals surface area contributed by atoms with E-state index in [9.17, 15) is 21.6 Å². The minimum Gasteiger partial charge on any atom is -0.454 e. The van der Waals surface area contributed by atoms with Crippen molar-refractivity contribution in [1.29, 1.82) is 0 Å². The Morgan fingerprint density at radius 3 is 2.41 bits per heavy atom. The van der Waals surface area contributed by atoms with Gasteiger partial charge in [0.25, 0.3) is 10.0 Å². The molecule has 0 saturated heterocycles. The number of ether oxygens (including phenoxy) is 2. The summed E-state index contributed by atoms with van der Waals surface area (Å²) in [7, 11) is -8.08. The normalized spacial score (nSPS) is 13.2. The summed E-state index contributed by atoms with van der Waals surface area (Å²) in [6.07, 6.45) is -0.305. The number of sulfonamides is 1. The first-order valence-electron chi connectivity index (χ1n) is 9.93. The van der Waals surface area contributed by atoms with Gasteiger partial charge in [0.05, 0.1) is 4.90 Å². The minimum absolute atomic E-state index is 0.0534. The number of amides is 1. The molecule has 0 unspecified atom stereocenters. The number of rotatable bonds is 9. The summed E-state index contributed by atoms with van der Waals surface area (Å²) in [6.45, 7) is -0.302. The Labute approximate surface area is 200 Å². The van der Waals surface area contributed by atoms with Gasteiger partial charge in [-0.3, -0.25) is 10.0 Å². The lowest BCUT2D eigenvalue weighted by Crippen LogP contribution is -2.34. The van der Waals surface area contributed by atoms with Crippen molar-refractivity contribution in [3.05, 3.63) is 66.2 Å². The molecule has 0 aliphatic carbocycles. The summed E-state index contributed by atoms with van der Waals surface area (Å²) in [4.78, 5) is 11.6. The molecule has 3 aromatic rings. The molecule has 0 atom stereocenters. The van der Waals surface area contributed by atoms with Gasteiger partial charge in [0, 0.05) is 19.5 Å². The van der Waals surface area contributed by atoms with Crippen molar-refractivity contribution in [3.63, 3.8) is 0 Å². The zero-order chi connectivity index (χ0) is 24.3. The largest absolute Gasteiger partial charge is 0.454 e. The first-order valence-corrected chi connectivity index (χ1v) is 13.7. The molecule has 1 aromatic heterocycles. The van der Waals surface area contributed by atoms with Crippen LogP contribution in [-0.4, -0.2) is 45.6 Å². The van der Waals surface area contributed by atoms with E-state index in [1.54, 1.807) is 36.4 Å². The molecule has 2 N–H and O–H groups in total. The van der Waals surface area contributed by atoms with E-state index in [1.807, 2.05) is 0 Å². The molecule has 180 valence electrons. The number of benzene rings is 2. The van der Waals surface area contributed by atoms with E-state index in [1.165, 1.54) is 29.7 Å². The van der Waals surface area contributed by atoms with Crippen LogP contribution in [0.25, 0.3) is 0 Å². The van der Waals surface area contributed by atoms with Crippen molar-refractivity contribution in [1.82, 2.24) is 9.79 Å². The van der Waals surface area contributed by atoms with Crippen molar-refractivity contribution in [2.75, 3.05) is 13.3 Å². The number of thiophene rings is 1. The summed E-state index contributed by atoms with van der Waals surface area (Å²) >= 11 is 0.628. The quantitative estimate of drug-likeness (QED) is 0.321. The first-order chi connectivity index (χ1) is 16.2. The molecule has 2 heterocycles.